The summed E-state index contributed by atoms with van der Waals surface area (Å²) in [4.78, 5) is 4.03. The molecule has 0 aliphatic rings. The van der Waals surface area contributed by atoms with Crippen molar-refractivity contribution in [3.05, 3.63) is 12.0 Å². The van der Waals surface area contributed by atoms with Gasteiger partial charge in [0.2, 0.25) is 0 Å². The summed E-state index contributed by atoms with van der Waals surface area (Å²) in [6, 6.07) is 0. The molecule has 0 unspecified atom stereocenters. The van der Waals surface area contributed by atoms with Crippen LogP contribution >= 0.6 is 15.9 Å². The second-order valence-corrected chi connectivity index (χ2v) is 6.12. The molecule has 104 valence electrons. The van der Waals surface area contributed by atoms with E-state index in [1.54, 1.807) is 11.5 Å². The lowest BCUT2D eigenvalue weighted by Gasteiger charge is -2.04. The van der Waals surface area contributed by atoms with Crippen LogP contribution in [0.2, 0.25) is 0 Å². The Bertz CT molecular complexity index is 473. The van der Waals surface area contributed by atoms with Gasteiger partial charge in [0.25, 0.3) is 10.0 Å². The summed E-state index contributed by atoms with van der Waals surface area (Å²) >= 11 is 3.22. The fraction of sp³-hybridized carbons (Fsp3) is 0.700. The van der Waals surface area contributed by atoms with Crippen LogP contribution < -0.4 is 4.72 Å². The highest BCUT2D eigenvalue weighted by molar-refractivity contribution is 9.09. The Morgan fingerprint density at radius 1 is 1.50 bits per heavy atom. The lowest BCUT2D eigenvalue weighted by Crippen LogP contribution is -2.28. The molecule has 0 aromatic carbocycles. The van der Waals surface area contributed by atoms with E-state index in [1.807, 2.05) is 6.92 Å². The van der Waals surface area contributed by atoms with Crippen molar-refractivity contribution in [2.75, 3.05) is 25.1 Å². The van der Waals surface area contributed by atoms with Crippen molar-refractivity contribution in [1.29, 1.82) is 0 Å². The van der Waals surface area contributed by atoms with Crippen molar-refractivity contribution in [3.8, 4) is 0 Å². The normalized spacial score (nSPS) is 11.9. The van der Waals surface area contributed by atoms with E-state index in [-0.39, 0.29) is 11.6 Å². The Morgan fingerprint density at radius 2 is 2.22 bits per heavy atom. The number of ether oxygens (including phenoxy) is 1. The number of alkyl halides is 1. The summed E-state index contributed by atoms with van der Waals surface area (Å²) in [7, 11) is -3.53. The third-order valence-corrected chi connectivity index (χ3v) is 3.99. The van der Waals surface area contributed by atoms with E-state index in [2.05, 4.69) is 25.6 Å². The molecular formula is C10H18BrN3O3S. The number of nitrogens with zero attached hydrogens (tertiary/aromatic N) is 2. The number of rotatable bonds is 8. The molecule has 8 heteroatoms. The molecule has 1 heterocycles. The molecule has 1 aromatic rings. The number of sulfonamides is 1. The zero-order chi connectivity index (χ0) is 13.6. The van der Waals surface area contributed by atoms with Crippen molar-refractivity contribution in [2.45, 2.75) is 25.4 Å². The SMILES string of the molecule is CCn1cc(S(=O)(=O)NCCOCCBr)nc1C. The first-order chi connectivity index (χ1) is 8.51. The molecule has 0 fully saturated rings. The van der Waals surface area contributed by atoms with E-state index in [0.717, 1.165) is 5.33 Å². The minimum Gasteiger partial charge on any atom is -0.379 e. The van der Waals surface area contributed by atoms with E-state index in [9.17, 15) is 8.42 Å². The number of imidazole rings is 1. The molecule has 0 amide bonds. The summed E-state index contributed by atoms with van der Waals surface area (Å²) in [6.45, 7) is 5.56. The lowest BCUT2D eigenvalue weighted by atomic mass is 10.6. The van der Waals surface area contributed by atoms with Gasteiger partial charge in [0.15, 0.2) is 5.03 Å². The molecule has 0 spiro atoms. The van der Waals surface area contributed by atoms with E-state index < -0.39 is 10.0 Å². The van der Waals surface area contributed by atoms with Gasteiger partial charge >= 0.3 is 0 Å². The van der Waals surface area contributed by atoms with Crippen molar-refractivity contribution in [1.82, 2.24) is 14.3 Å². The van der Waals surface area contributed by atoms with E-state index in [4.69, 9.17) is 4.74 Å². The molecule has 0 atom stereocenters. The van der Waals surface area contributed by atoms with Gasteiger partial charge in [-0.1, -0.05) is 15.9 Å². The molecule has 0 radical (unpaired) electrons. The highest BCUT2D eigenvalue weighted by Crippen LogP contribution is 2.08. The Labute approximate surface area is 116 Å². The van der Waals surface area contributed by atoms with Gasteiger partial charge in [-0.2, -0.15) is 0 Å². The number of aromatic nitrogens is 2. The van der Waals surface area contributed by atoms with Gasteiger partial charge in [0.1, 0.15) is 5.82 Å². The summed E-state index contributed by atoms with van der Waals surface area (Å²) < 4.78 is 33.2. The van der Waals surface area contributed by atoms with Gasteiger partial charge < -0.3 is 9.30 Å². The Morgan fingerprint density at radius 3 is 2.78 bits per heavy atom. The van der Waals surface area contributed by atoms with Crippen LogP contribution in [0.5, 0.6) is 0 Å². The predicted octanol–water partition coefficient (Wildman–Crippen LogP) is 0.901. The van der Waals surface area contributed by atoms with Gasteiger partial charge in [0, 0.05) is 24.6 Å². The molecule has 1 rings (SSSR count). The second kappa shape index (κ2) is 7.22. The number of halogens is 1. The topological polar surface area (TPSA) is 73.2 Å². The summed E-state index contributed by atoms with van der Waals surface area (Å²) in [6.07, 6.45) is 1.54. The van der Waals surface area contributed by atoms with E-state index in [0.29, 0.717) is 25.6 Å². The van der Waals surface area contributed by atoms with Crippen LogP contribution in [-0.4, -0.2) is 43.1 Å². The van der Waals surface area contributed by atoms with Crippen LogP contribution in [0.4, 0.5) is 0 Å². The van der Waals surface area contributed by atoms with Crippen LogP contribution in [0.1, 0.15) is 12.7 Å². The molecule has 0 aliphatic carbocycles. The van der Waals surface area contributed by atoms with Gasteiger partial charge in [-0.15, -0.1) is 0 Å². The molecule has 18 heavy (non-hydrogen) atoms. The minimum absolute atomic E-state index is 0.0577. The van der Waals surface area contributed by atoms with Gasteiger partial charge in [-0.25, -0.2) is 18.1 Å². The van der Waals surface area contributed by atoms with Gasteiger partial charge in [-0.3, -0.25) is 0 Å². The molecule has 0 saturated heterocycles. The third-order valence-electron chi connectivity index (χ3n) is 2.33. The van der Waals surface area contributed by atoms with Gasteiger partial charge in [-0.05, 0) is 13.8 Å². The lowest BCUT2D eigenvalue weighted by molar-refractivity contribution is 0.156. The summed E-state index contributed by atoms with van der Waals surface area (Å²) in [5.41, 5.74) is 0. The summed E-state index contributed by atoms with van der Waals surface area (Å²) in [5.74, 6) is 0.688. The Hall–Kier alpha value is -0.440. The zero-order valence-corrected chi connectivity index (χ0v) is 12.9. The smallest absolute Gasteiger partial charge is 0.259 e. The average Bonchev–Trinajstić information content (AvgIpc) is 2.71. The number of nitrogens with one attached hydrogen (secondary N) is 1. The minimum atomic E-state index is -3.53. The quantitative estimate of drug-likeness (QED) is 0.564. The maximum absolute atomic E-state index is 11.9. The highest BCUT2D eigenvalue weighted by atomic mass is 79.9. The van der Waals surface area contributed by atoms with E-state index >= 15 is 0 Å². The molecule has 0 aliphatic heterocycles. The first kappa shape index (κ1) is 15.6. The monoisotopic (exact) mass is 339 g/mol. The fourth-order valence-electron chi connectivity index (χ4n) is 1.41. The standard InChI is InChI=1S/C10H18BrN3O3S/c1-3-14-8-10(13-9(14)2)18(15,16)12-5-7-17-6-4-11/h8,12H,3-7H2,1-2H3. The molecule has 1 N–H and O–H groups in total. The van der Waals surface area contributed by atoms with Crippen molar-refractivity contribution < 1.29 is 13.2 Å². The first-order valence-electron chi connectivity index (χ1n) is 5.68. The zero-order valence-electron chi connectivity index (χ0n) is 10.5. The van der Waals surface area contributed by atoms with Crippen molar-refractivity contribution in [3.63, 3.8) is 0 Å². The molecule has 0 saturated carbocycles. The predicted molar refractivity (Wildman–Crippen MR) is 72.4 cm³/mol. The number of aryl methyl sites for hydroxylation is 2. The van der Waals surface area contributed by atoms with Crippen molar-refractivity contribution >= 4 is 26.0 Å². The van der Waals surface area contributed by atoms with Crippen LogP contribution in [0.3, 0.4) is 0 Å². The molecule has 6 nitrogen and oxygen atoms in total. The van der Waals surface area contributed by atoms with Crippen LogP contribution in [0.15, 0.2) is 11.2 Å². The van der Waals surface area contributed by atoms with Gasteiger partial charge in [0.05, 0.1) is 13.2 Å². The van der Waals surface area contributed by atoms with Crippen LogP contribution in [-0.2, 0) is 21.3 Å². The summed E-state index contributed by atoms with van der Waals surface area (Å²) in [5, 5.41) is 0.794. The van der Waals surface area contributed by atoms with Crippen LogP contribution in [0, 0.1) is 6.92 Å². The largest absolute Gasteiger partial charge is 0.379 e. The maximum Gasteiger partial charge on any atom is 0.259 e. The Kier molecular flexibility index (Phi) is 6.27. The molecular weight excluding hydrogens is 322 g/mol. The number of hydrogen-bond acceptors (Lipinski definition) is 4. The fourth-order valence-corrected chi connectivity index (χ4v) is 2.65. The van der Waals surface area contributed by atoms with Crippen LogP contribution in [0.25, 0.3) is 0 Å². The van der Waals surface area contributed by atoms with E-state index in [1.165, 1.54) is 6.20 Å². The molecule has 1 aromatic heterocycles. The third kappa shape index (κ3) is 4.34. The molecule has 0 bridgehead atoms. The second-order valence-electron chi connectivity index (χ2n) is 3.61. The average molecular weight is 340 g/mol. The first-order valence-corrected chi connectivity index (χ1v) is 8.29. The highest BCUT2D eigenvalue weighted by Gasteiger charge is 2.18. The Balaban J connectivity index is 2.57. The maximum atomic E-state index is 11.9. The number of hydrogen-bond donors (Lipinski definition) is 1. The van der Waals surface area contributed by atoms with Crippen molar-refractivity contribution in [2.24, 2.45) is 0 Å².